The molecule has 1 rings (SSSR count). The van der Waals surface area contributed by atoms with Gasteiger partial charge < -0.3 is 16.4 Å². The van der Waals surface area contributed by atoms with Crippen molar-refractivity contribution in [2.75, 3.05) is 10.6 Å². The van der Waals surface area contributed by atoms with Gasteiger partial charge in [-0.3, -0.25) is 9.59 Å². The highest BCUT2D eigenvalue weighted by Crippen LogP contribution is 2.14. The quantitative estimate of drug-likeness (QED) is 0.791. The molecule has 0 aliphatic heterocycles. The lowest BCUT2D eigenvalue weighted by molar-refractivity contribution is -0.119. The third-order valence-corrected chi connectivity index (χ3v) is 2.36. The Hall–Kier alpha value is -1.59. The zero-order valence-electron chi connectivity index (χ0n) is 11.3. The Balaban J connectivity index is 0.00000324. The normalized spacial score (nSPS) is 11.4. The minimum absolute atomic E-state index is 0. The smallest absolute Gasteiger partial charge is 0.240 e. The molecule has 0 saturated carbocycles. The molecule has 0 spiro atoms. The summed E-state index contributed by atoms with van der Waals surface area (Å²) in [5.41, 5.74) is 6.80. The number of hydrogen-bond acceptors (Lipinski definition) is 3. The van der Waals surface area contributed by atoms with Crippen LogP contribution in [0.15, 0.2) is 24.3 Å². The summed E-state index contributed by atoms with van der Waals surface area (Å²) in [4.78, 5) is 22.8. The highest BCUT2D eigenvalue weighted by Gasteiger charge is 2.08. The van der Waals surface area contributed by atoms with Gasteiger partial charge >= 0.3 is 0 Å². The molecule has 1 atom stereocenters. The van der Waals surface area contributed by atoms with Gasteiger partial charge in [-0.25, -0.2) is 0 Å². The van der Waals surface area contributed by atoms with E-state index in [-0.39, 0.29) is 30.1 Å². The standard InChI is InChI=1S/C13H19N3O2.ClH/c1-8(2)12(17)15-10-4-6-11(7-5-10)16-13(18)9(3)14;/h4-9H,14H2,1-3H3,(H,15,17)(H,16,18);1H. The fraction of sp³-hybridized carbons (Fsp3) is 0.385. The lowest BCUT2D eigenvalue weighted by Gasteiger charge is -2.10. The van der Waals surface area contributed by atoms with Crippen LogP contribution in [-0.2, 0) is 9.59 Å². The van der Waals surface area contributed by atoms with Gasteiger partial charge in [0.05, 0.1) is 6.04 Å². The molecule has 1 aromatic rings. The van der Waals surface area contributed by atoms with Crippen LogP contribution in [0.2, 0.25) is 0 Å². The molecule has 0 bridgehead atoms. The minimum Gasteiger partial charge on any atom is -0.326 e. The van der Waals surface area contributed by atoms with Gasteiger partial charge in [-0.05, 0) is 31.2 Å². The van der Waals surface area contributed by atoms with Crippen LogP contribution in [0, 0.1) is 5.92 Å². The Bertz CT molecular complexity index is 389. The van der Waals surface area contributed by atoms with Gasteiger partial charge in [0, 0.05) is 17.3 Å². The van der Waals surface area contributed by atoms with Crippen LogP contribution in [0.1, 0.15) is 20.8 Å². The first kappa shape index (κ1) is 17.4. The van der Waals surface area contributed by atoms with Gasteiger partial charge in [0.2, 0.25) is 11.8 Å². The molecule has 5 nitrogen and oxygen atoms in total. The SMILES string of the molecule is CC(C)C(=O)Nc1ccc(NC(=O)C(C)N)cc1.Cl. The van der Waals surface area contributed by atoms with Gasteiger partial charge in [0.25, 0.3) is 0 Å². The van der Waals surface area contributed by atoms with Crippen LogP contribution in [0.4, 0.5) is 11.4 Å². The third-order valence-electron chi connectivity index (χ3n) is 2.36. The second-order valence-electron chi connectivity index (χ2n) is 4.50. The van der Waals surface area contributed by atoms with Crippen molar-refractivity contribution >= 4 is 35.6 Å². The number of benzene rings is 1. The third kappa shape index (κ3) is 5.72. The van der Waals surface area contributed by atoms with E-state index >= 15 is 0 Å². The van der Waals surface area contributed by atoms with E-state index in [9.17, 15) is 9.59 Å². The van der Waals surface area contributed by atoms with Gasteiger partial charge in [0.15, 0.2) is 0 Å². The van der Waals surface area contributed by atoms with Crippen LogP contribution in [0.3, 0.4) is 0 Å². The molecular weight excluding hydrogens is 266 g/mol. The van der Waals surface area contributed by atoms with Crippen LogP contribution < -0.4 is 16.4 Å². The van der Waals surface area contributed by atoms with Crippen molar-refractivity contribution in [3.8, 4) is 0 Å². The molecule has 0 aliphatic carbocycles. The maximum Gasteiger partial charge on any atom is 0.240 e. The summed E-state index contributed by atoms with van der Waals surface area (Å²) in [6.45, 7) is 5.27. The van der Waals surface area contributed by atoms with Crippen molar-refractivity contribution in [1.82, 2.24) is 0 Å². The predicted octanol–water partition coefficient (Wildman–Crippen LogP) is 1.99. The number of halogens is 1. The molecule has 106 valence electrons. The Morgan fingerprint density at radius 2 is 1.32 bits per heavy atom. The van der Waals surface area contributed by atoms with Crippen molar-refractivity contribution in [3.63, 3.8) is 0 Å². The summed E-state index contributed by atoms with van der Waals surface area (Å²) in [6, 6.07) is 6.35. The molecule has 0 radical (unpaired) electrons. The largest absolute Gasteiger partial charge is 0.326 e. The molecule has 1 aromatic carbocycles. The van der Waals surface area contributed by atoms with Crippen molar-refractivity contribution in [2.24, 2.45) is 11.7 Å². The predicted molar refractivity (Wildman–Crippen MR) is 79.4 cm³/mol. The zero-order chi connectivity index (χ0) is 13.7. The van der Waals surface area contributed by atoms with Crippen molar-refractivity contribution in [1.29, 1.82) is 0 Å². The molecule has 2 amide bonds. The van der Waals surface area contributed by atoms with E-state index in [4.69, 9.17) is 5.73 Å². The number of amides is 2. The molecule has 0 heterocycles. The van der Waals surface area contributed by atoms with Gasteiger partial charge in [-0.1, -0.05) is 13.8 Å². The Kier molecular flexibility index (Phi) is 7.11. The first-order chi connectivity index (χ1) is 8.40. The Morgan fingerprint density at radius 3 is 1.63 bits per heavy atom. The van der Waals surface area contributed by atoms with Crippen molar-refractivity contribution < 1.29 is 9.59 Å². The monoisotopic (exact) mass is 285 g/mol. The van der Waals surface area contributed by atoms with E-state index in [2.05, 4.69) is 10.6 Å². The highest BCUT2D eigenvalue weighted by atomic mass is 35.5. The number of nitrogens with one attached hydrogen (secondary N) is 2. The first-order valence-corrected chi connectivity index (χ1v) is 5.87. The molecule has 6 heteroatoms. The van der Waals surface area contributed by atoms with E-state index in [0.717, 1.165) is 0 Å². The highest BCUT2D eigenvalue weighted by molar-refractivity contribution is 5.95. The lowest BCUT2D eigenvalue weighted by Crippen LogP contribution is -2.32. The van der Waals surface area contributed by atoms with Crippen LogP contribution in [0.25, 0.3) is 0 Å². The molecular formula is C13H20ClN3O2. The van der Waals surface area contributed by atoms with Gasteiger partial charge in [-0.2, -0.15) is 0 Å². The minimum atomic E-state index is -0.551. The molecule has 0 saturated heterocycles. The molecule has 0 aliphatic rings. The first-order valence-electron chi connectivity index (χ1n) is 5.87. The molecule has 19 heavy (non-hydrogen) atoms. The van der Waals surface area contributed by atoms with Crippen LogP contribution >= 0.6 is 12.4 Å². The van der Waals surface area contributed by atoms with Crippen molar-refractivity contribution in [3.05, 3.63) is 24.3 Å². The Labute approximate surface area is 119 Å². The summed E-state index contributed by atoms with van der Waals surface area (Å²) in [6.07, 6.45) is 0. The molecule has 1 unspecified atom stereocenters. The summed E-state index contributed by atoms with van der Waals surface area (Å²) in [5.74, 6) is -0.348. The van der Waals surface area contributed by atoms with E-state index < -0.39 is 6.04 Å². The van der Waals surface area contributed by atoms with Crippen LogP contribution in [-0.4, -0.2) is 17.9 Å². The number of carbonyl (C=O) groups is 2. The van der Waals surface area contributed by atoms with Gasteiger partial charge in [0.1, 0.15) is 0 Å². The number of rotatable bonds is 4. The molecule has 0 fully saturated rings. The van der Waals surface area contributed by atoms with E-state index in [1.807, 2.05) is 13.8 Å². The summed E-state index contributed by atoms with van der Waals surface area (Å²) < 4.78 is 0. The maximum absolute atomic E-state index is 11.5. The Morgan fingerprint density at radius 1 is 0.947 bits per heavy atom. The number of carbonyl (C=O) groups excluding carboxylic acids is 2. The van der Waals surface area contributed by atoms with Crippen LogP contribution in [0.5, 0.6) is 0 Å². The zero-order valence-corrected chi connectivity index (χ0v) is 12.1. The maximum atomic E-state index is 11.5. The fourth-order valence-corrected chi connectivity index (χ4v) is 1.18. The fourth-order valence-electron chi connectivity index (χ4n) is 1.18. The summed E-state index contributed by atoms with van der Waals surface area (Å²) in [7, 11) is 0. The molecule has 4 N–H and O–H groups in total. The molecule has 0 aromatic heterocycles. The van der Waals surface area contributed by atoms with E-state index in [1.54, 1.807) is 31.2 Å². The number of hydrogen-bond donors (Lipinski definition) is 3. The average molecular weight is 286 g/mol. The average Bonchev–Trinajstić information content (AvgIpc) is 2.31. The van der Waals surface area contributed by atoms with E-state index in [1.165, 1.54) is 0 Å². The number of nitrogens with two attached hydrogens (primary N) is 1. The van der Waals surface area contributed by atoms with E-state index in [0.29, 0.717) is 11.4 Å². The second kappa shape index (κ2) is 7.76. The summed E-state index contributed by atoms with van der Waals surface area (Å²) >= 11 is 0. The second-order valence-corrected chi connectivity index (χ2v) is 4.50. The lowest BCUT2D eigenvalue weighted by atomic mass is 10.2. The topological polar surface area (TPSA) is 84.2 Å². The van der Waals surface area contributed by atoms with Gasteiger partial charge in [-0.15, -0.1) is 12.4 Å². The summed E-state index contributed by atoms with van der Waals surface area (Å²) in [5, 5.41) is 5.44. The number of anilines is 2. The van der Waals surface area contributed by atoms with Crippen molar-refractivity contribution in [2.45, 2.75) is 26.8 Å².